The van der Waals surface area contributed by atoms with Gasteiger partial charge in [0.2, 0.25) is 0 Å². The molecule has 1 amide bonds. The van der Waals surface area contributed by atoms with Gasteiger partial charge in [0.25, 0.3) is 5.91 Å². The van der Waals surface area contributed by atoms with Crippen molar-refractivity contribution >= 4 is 17.5 Å². The van der Waals surface area contributed by atoms with E-state index in [9.17, 15) is 18.0 Å². The second-order valence-corrected chi connectivity index (χ2v) is 4.78. The summed E-state index contributed by atoms with van der Waals surface area (Å²) in [6.45, 7) is 3.84. The molecule has 2 rings (SSSR count). The summed E-state index contributed by atoms with van der Waals surface area (Å²) in [5, 5.41) is 12.8. The van der Waals surface area contributed by atoms with Crippen LogP contribution in [0.5, 0.6) is 0 Å². The third-order valence-corrected chi connectivity index (χ3v) is 2.62. The normalized spacial score (nSPS) is 10.6. The minimum atomic E-state index is -1.70. The van der Waals surface area contributed by atoms with Crippen molar-refractivity contribution in [2.24, 2.45) is 0 Å². The van der Waals surface area contributed by atoms with Gasteiger partial charge in [0.15, 0.2) is 23.3 Å². The lowest BCUT2D eigenvalue weighted by Crippen LogP contribution is -2.17. The number of amides is 1. The van der Waals surface area contributed by atoms with Gasteiger partial charge in [-0.15, -0.1) is 10.2 Å². The van der Waals surface area contributed by atoms with Gasteiger partial charge in [-0.1, -0.05) is 0 Å². The van der Waals surface area contributed by atoms with Crippen molar-refractivity contribution in [1.29, 1.82) is 0 Å². The topological polar surface area (TPSA) is 66.9 Å². The molecule has 2 N–H and O–H groups in total. The molecule has 0 unspecified atom stereocenters. The van der Waals surface area contributed by atoms with E-state index < -0.39 is 28.9 Å². The van der Waals surface area contributed by atoms with Crippen LogP contribution in [-0.2, 0) is 0 Å². The first-order chi connectivity index (χ1) is 10.4. The van der Waals surface area contributed by atoms with Gasteiger partial charge in [-0.3, -0.25) is 4.79 Å². The largest absolute Gasteiger partial charge is 0.366 e. The highest BCUT2D eigenvalue weighted by Gasteiger charge is 2.19. The minimum Gasteiger partial charge on any atom is -0.366 e. The molecular formula is C14H13F3N4O. The number of aromatic nitrogens is 2. The van der Waals surface area contributed by atoms with Crippen molar-refractivity contribution in [2.75, 3.05) is 10.6 Å². The number of benzene rings is 1. The van der Waals surface area contributed by atoms with Crippen molar-refractivity contribution in [3.05, 3.63) is 47.3 Å². The van der Waals surface area contributed by atoms with E-state index in [0.717, 1.165) is 6.07 Å². The first-order valence-electron chi connectivity index (χ1n) is 6.43. The highest BCUT2D eigenvalue weighted by atomic mass is 19.2. The van der Waals surface area contributed by atoms with Crippen LogP contribution in [0.15, 0.2) is 24.3 Å². The summed E-state index contributed by atoms with van der Waals surface area (Å²) in [7, 11) is 0. The molecule has 1 aromatic carbocycles. The number of halogens is 3. The molecule has 0 aliphatic rings. The fourth-order valence-electron chi connectivity index (χ4n) is 1.66. The standard InChI is InChI=1S/C14H13F3N4O/c1-7(2)18-10-5-6-11(21-20-10)19-14(22)8-3-4-9(15)13(17)12(8)16/h3-7H,1-2H3,(H,18,20)(H,19,21,22). The SMILES string of the molecule is CC(C)Nc1ccc(NC(=O)c2ccc(F)c(F)c2F)nn1. The Hall–Kier alpha value is -2.64. The number of nitrogens with zero attached hydrogens (tertiary/aromatic N) is 2. The molecule has 0 radical (unpaired) electrons. The number of rotatable bonds is 4. The number of nitrogens with one attached hydrogen (secondary N) is 2. The fourth-order valence-corrected chi connectivity index (χ4v) is 1.66. The summed E-state index contributed by atoms with van der Waals surface area (Å²) in [4.78, 5) is 11.8. The molecule has 0 bridgehead atoms. The summed E-state index contributed by atoms with van der Waals surface area (Å²) in [6, 6.07) is 4.71. The number of hydrogen-bond donors (Lipinski definition) is 2. The van der Waals surface area contributed by atoms with Crippen LogP contribution in [0.1, 0.15) is 24.2 Å². The lowest BCUT2D eigenvalue weighted by Gasteiger charge is -2.09. The quantitative estimate of drug-likeness (QED) is 0.852. The van der Waals surface area contributed by atoms with Gasteiger partial charge in [0.05, 0.1) is 5.56 Å². The van der Waals surface area contributed by atoms with Gasteiger partial charge < -0.3 is 10.6 Å². The Bertz CT molecular complexity index is 689. The van der Waals surface area contributed by atoms with Crippen LogP contribution in [0.25, 0.3) is 0 Å². The molecule has 1 aromatic heterocycles. The van der Waals surface area contributed by atoms with Crippen LogP contribution in [0.4, 0.5) is 24.8 Å². The molecule has 8 heteroatoms. The summed E-state index contributed by atoms with van der Waals surface area (Å²) in [5.41, 5.74) is -0.620. The van der Waals surface area contributed by atoms with Gasteiger partial charge in [-0.2, -0.15) is 0 Å². The molecule has 0 saturated carbocycles. The summed E-state index contributed by atoms with van der Waals surface area (Å²) in [5.74, 6) is -5.00. The Labute approximate surface area is 124 Å². The van der Waals surface area contributed by atoms with E-state index >= 15 is 0 Å². The molecule has 0 aliphatic heterocycles. The zero-order valence-corrected chi connectivity index (χ0v) is 11.8. The Balaban J connectivity index is 2.14. The van der Waals surface area contributed by atoms with Crippen molar-refractivity contribution in [3.63, 3.8) is 0 Å². The average molecular weight is 310 g/mol. The average Bonchev–Trinajstić information content (AvgIpc) is 2.46. The van der Waals surface area contributed by atoms with Crippen molar-refractivity contribution < 1.29 is 18.0 Å². The van der Waals surface area contributed by atoms with Gasteiger partial charge in [-0.25, -0.2) is 13.2 Å². The van der Waals surface area contributed by atoms with E-state index in [4.69, 9.17) is 0 Å². The van der Waals surface area contributed by atoms with E-state index in [0.29, 0.717) is 11.9 Å². The number of hydrogen-bond acceptors (Lipinski definition) is 4. The van der Waals surface area contributed by atoms with Crippen molar-refractivity contribution in [1.82, 2.24) is 10.2 Å². The Kier molecular flexibility index (Phi) is 4.59. The molecule has 0 fully saturated rings. The van der Waals surface area contributed by atoms with Crippen LogP contribution in [-0.4, -0.2) is 22.1 Å². The zero-order valence-electron chi connectivity index (χ0n) is 11.8. The monoisotopic (exact) mass is 310 g/mol. The smallest absolute Gasteiger partial charge is 0.259 e. The predicted octanol–water partition coefficient (Wildman–Crippen LogP) is 2.97. The highest BCUT2D eigenvalue weighted by molar-refractivity contribution is 6.03. The molecule has 0 aliphatic carbocycles. The third kappa shape index (κ3) is 3.51. The minimum absolute atomic E-state index is 0.0587. The molecule has 0 saturated heterocycles. The molecule has 116 valence electrons. The Morgan fingerprint density at radius 2 is 1.64 bits per heavy atom. The second kappa shape index (κ2) is 6.42. The fraction of sp³-hybridized carbons (Fsp3) is 0.214. The zero-order chi connectivity index (χ0) is 16.3. The van der Waals surface area contributed by atoms with Crippen molar-refractivity contribution in [2.45, 2.75) is 19.9 Å². The first-order valence-corrected chi connectivity index (χ1v) is 6.43. The maximum Gasteiger partial charge on any atom is 0.259 e. The molecule has 0 atom stereocenters. The molecular weight excluding hydrogens is 297 g/mol. The summed E-state index contributed by atoms with van der Waals surface area (Å²) >= 11 is 0. The van der Waals surface area contributed by atoms with Gasteiger partial charge in [0.1, 0.15) is 5.82 Å². The Morgan fingerprint density at radius 3 is 2.23 bits per heavy atom. The molecule has 5 nitrogen and oxygen atoms in total. The van der Waals surface area contributed by atoms with E-state index in [1.807, 2.05) is 13.8 Å². The van der Waals surface area contributed by atoms with E-state index in [1.54, 1.807) is 6.07 Å². The summed E-state index contributed by atoms with van der Waals surface area (Å²) < 4.78 is 39.4. The van der Waals surface area contributed by atoms with Crippen molar-refractivity contribution in [3.8, 4) is 0 Å². The van der Waals surface area contributed by atoms with Gasteiger partial charge >= 0.3 is 0 Å². The van der Waals surface area contributed by atoms with E-state index in [2.05, 4.69) is 20.8 Å². The Morgan fingerprint density at radius 1 is 1.00 bits per heavy atom. The lowest BCUT2D eigenvalue weighted by molar-refractivity contribution is 0.102. The number of anilines is 2. The van der Waals surface area contributed by atoms with Crippen LogP contribution >= 0.6 is 0 Å². The van der Waals surface area contributed by atoms with Gasteiger partial charge in [0, 0.05) is 6.04 Å². The van der Waals surface area contributed by atoms with E-state index in [1.165, 1.54) is 6.07 Å². The number of carbonyl (C=O) groups is 1. The van der Waals surface area contributed by atoms with Gasteiger partial charge in [-0.05, 0) is 38.1 Å². The maximum absolute atomic E-state index is 13.5. The highest BCUT2D eigenvalue weighted by Crippen LogP contribution is 2.16. The molecule has 1 heterocycles. The molecule has 22 heavy (non-hydrogen) atoms. The van der Waals surface area contributed by atoms with Crippen LogP contribution in [0.3, 0.4) is 0 Å². The van der Waals surface area contributed by atoms with Crippen LogP contribution < -0.4 is 10.6 Å². The van der Waals surface area contributed by atoms with Crippen LogP contribution in [0, 0.1) is 17.5 Å². The second-order valence-electron chi connectivity index (χ2n) is 4.78. The van der Waals surface area contributed by atoms with Crippen LogP contribution in [0.2, 0.25) is 0 Å². The number of carbonyl (C=O) groups excluding carboxylic acids is 1. The third-order valence-electron chi connectivity index (χ3n) is 2.62. The lowest BCUT2D eigenvalue weighted by atomic mass is 10.2. The maximum atomic E-state index is 13.5. The first kappa shape index (κ1) is 15.7. The molecule has 2 aromatic rings. The summed E-state index contributed by atoms with van der Waals surface area (Å²) in [6.07, 6.45) is 0. The van der Waals surface area contributed by atoms with E-state index in [-0.39, 0.29) is 11.9 Å². The predicted molar refractivity (Wildman–Crippen MR) is 75.1 cm³/mol. The molecule has 0 spiro atoms.